The van der Waals surface area contributed by atoms with Gasteiger partial charge >= 0.3 is 0 Å². The van der Waals surface area contributed by atoms with Gasteiger partial charge < -0.3 is 10.3 Å². The van der Waals surface area contributed by atoms with Crippen LogP contribution in [0, 0.1) is 30.9 Å². The van der Waals surface area contributed by atoms with Crippen molar-refractivity contribution in [2.24, 2.45) is 0 Å². The monoisotopic (exact) mass is 429 g/mol. The number of hydrogen-bond acceptors (Lipinski definition) is 6. The number of benzene rings is 2. The molecule has 2 aromatic heterocycles. The van der Waals surface area contributed by atoms with Crippen molar-refractivity contribution in [3.05, 3.63) is 91.6 Å². The molecule has 2 aromatic carbocycles. The summed E-state index contributed by atoms with van der Waals surface area (Å²) >= 11 is 0. The Morgan fingerprint density at radius 2 is 1.84 bits per heavy atom. The molecule has 2 heterocycles. The van der Waals surface area contributed by atoms with Gasteiger partial charge in [0.2, 0.25) is 5.56 Å². The molecule has 0 spiro atoms. The van der Waals surface area contributed by atoms with E-state index in [1.54, 1.807) is 24.4 Å². The number of aromatic amines is 1. The molecule has 0 saturated heterocycles. The van der Waals surface area contributed by atoms with Crippen molar-refractivity contribution in [2.75, 3.05) is 5.32 Å². The van der Waals surface area contributed by atoms with Gasteiger partial charge in [-0.3, -0.25) is 14.9 Å². The molecule has 0 fully saturated rings. The Balaban J connectivity index is 1.81. The van der Waals surface area contributed by atoms with Gasteiger partial charge in [-0.15, -0.1) is 0 Å². The first-order valence-electron chi connectivity index (χ1n) is 10.2. The van der Waals surface area contributed by atoms with Crippen molar-refractivity contribution in [1.82, 2.24) is 15.0 Å². The van der Waals surface area contributed by atoms with Crippen LogP contribution in [-0.2, 0) is 0 Å². The first-order chi connectivity index (χ1) is 15.2. The molecule has 162 valence electrons. The lowest BCUT2D eigenvalue weighted by Crippen LogP contribution is -2.10. The lowest BCUT2D eigenvalue weighted by molar-refractivity contribution is -0.385. The molecule has 8 nitrogen and oxygen atoms in total. The number of aromatic nitrogens is 3. The fourth-order valence-electron chi connectivity index (χ4n) is 3.87. The van der Waals surface area contributed by atoms with Gasteiger partial charge in [-0.2, -0.15) is 0 Å². The van der Waals surface area contributed by atoms with Gasteiger partial charge in [-0.05, 0) is 73.7 Å². The van der Waals surface area contributed by atoms with Crippen LogP contribution >= 0.6 is 0 Å². The summed E-state index contributed by atoms with van der Waals surface area (Å²) in [7, 11) is 0. The van der Waals surface area contributed by atoms with Gasteiger partial charge in [-0.25, -0.2) is 9.97 Å². The van der Waals surface area contributed by atoms with E-state index in [0.717, 1.165) is 38.7 Å². The lowest BCUT2D eigenvalue weighted by atomic mass is 9.98. The van der Waals surface area contributed by atoms with E-state index < -0.39 is 0 Å². The second-order valence-corrected chi connectivity index (χ2v) is 7.97. The minimum Gasteiger partial charge on any atom is -0.363 e. The molecule has 0 radical (unpaired) electrons. The predicted molar refractivity (Wildman–Crippen MR) is 125 cm³/mol. The summed E-state index contributed by atoms with van der Waals surface area (Å²) in [5, 5.41) is 15.5. The maximum Gasteiger partial charge on any atom is 0.270 e. The largest absolute Gasteiger partial charge is 0.363 e. The normalized spacial score (nSPS) is 12.0. The molecule has 0 saturated carbocycles. The van der Waals surface area contributed by atoms with Gasteiger partial charge in [-0.1, -0.05) is 6.07 Å². The van der Waals surface area contributed by atoms with Crippen LogP contribution in [0.1, 0.15) is 35.5 Å². The summed E-state index contributed by atoms with van der Waals surface area (Å²) in [5.41, 5.74) is 5.00. The Hall–Kier alpha value is -4.07. The molecule has 32 heavy (non-hydrogen) atoms. The maximum atomic E-state index is 11.8. The van der Waals surface area contributed by atoms with Crippen LogP contribution in [0.2, 0.25) is 0 Å². The van der Waals surface area contributed by atoms with Crippen LogP contribution < -0.4 is 10.9 Å². The first-order valence-corrected chi connectivity index (χ1v) is 10.2. The highest BCUT2D eigenvalue weighted by atomic mass is 16.6. The Labute approximate surface area is 184 Å². The van der Waals surface area contributed by atoms with Crippen molar-refractivity contribution < 1.29 is 4.92 Å². The molecular formula is C24H23N5O3. The number of nitro benzene ring substituents is 1. The summed E-state index contributed by atoms with van der Waals surface area (Å²) in [6, 6.07) is 12.2. The van der Waals surface area contributed by atoms with Crippen molar-refractivity contribution in [3.63, 3.8) is 0 Å². The Morgan fingerprint density at radius 3 is 2.56 bits per heavy atom. The smallest absolute Gasteiger partial charge is 0.270 e. The minimum absolute atomic E-state index is 0.0598. The number of non-ortho nitro benzene ring substituents is 1. The second kappa shape index (κ2) is 8.22. The zero-order valence-electron chi connectivity index (χ0n) is 18.3. The molecule has 0 aliphatic heterocycles. The average Bonchev–Trinajstić information content (AvgIpc) is 2.72. The fourth-order valence-corrected chi connectivity index (χ4v) is 3.87. The average molecular weight is 429 g/mol. The quantitative estimate of drug-likeness (QED) is 0.341. The third-order valence-corrected chi connectivity index (χ3v) is 5.39. The molecule has 1 atom stereocenters. The summed E-state index contributed by atoms with van der Waals surface area (Å²) < 4.78 is 0. The van der Waals surface area contributed by atoms with Crippen molar-refractivity contribution >= 4 is 22.4 Å². The van der Waals surface area contributed by atoms with Crippen LogP contribution in [0.3, 0.4) is 0 Å². The van der Waals surface area contributed by atoms with E-state index in [0.29, 0.717) is 11.6 Å². The van der Waals surface area contributed by atoms with Gasteiger partial charge in [0.25, 0.3) is 5.69 Å². The van der Waals surface area contributed by atoms with Crippen molar-refractivity contribution in [2.45, 2.75) is 33.7 Å². The number of anilines is 1. The maximum absolute atomic E-state index is 11.8. The Morgan fingerprint density at radius 1 is 1.06 bits per heavy atom. The number of rotatable bonds is 5. The van der Waals surface area contributed by atoms with Crippen molar-refractivity contribution in [3.8, 4) is 11.1 Å². The predicted octanol–water partition coefficient (Wildman–Crippen LogP) is 4.99. The van der Waals surface area contributed by atoms with E-state index in [9.17, 15) is 14.9 Å². The van der Waals surface area contributed by atoms with Crippen LogP contribution in [0.5, 0.6) is 0 Å². The summed E-state index contributed by atoms with van der Waals surface area (Å²) in [5.74, 6) is 1.25. The Bertz CT molecular complexity index is 1410. The SMILES string of the molecule is Cc1cc([C@@H](C)Nc2nc(C)nc3cc(C)c(-c4cc[nH]c(=O)c4)cc23)cc([N+](=O)[O-])c1. The molecule has 0 amide bonds. The number of hydrogen-bond donors (Lipinski definition) is 2. The van der Waals surface area contributed by atoms with E-state index in [1.165, 1.54) is 0 Å². The molecule has 8 heteroatoms. The summed E-state index contributed by atoms with van der Waals surface area (Å²) in [6.07, 6.45) is 1.62. The highest BCUT2D eigenvalue weighted by Crippen LogP contribution is 2.32. The molecule has 4 aromatic rings. The molecular weight excluding hydrogens is 406 g/mol. The molecule has 4 rings (SSSR count). The molecule has 2 N–H and O–H groups in total. The van der Waals surface area contributed by atoms with Gasteiger partial charge in [0.1, 0.15) is 11.6 Å². The van der Waals surface area contributed by atoms with E-state index in [4.69, 9.17) is 0 Å². The topological polar surface area (TPSA) is 114 Å². The zero-order chi connectivity index (χ0) is 23.0. The minimum atomic E-state index is -0.385. The van der Waals surface area contributed by atoms with Crippen molar-refractivity contribution in [1.29, 1.82) is 0 Å². The van der Waals surface area contributed by atoms with Crippen LogP contribution in [0.25, 0.3) is 22.0 Å². The highest BCUT2D eigenvalue weighted by molar-refractivity contribution is 5.94. The van der Waals surface area contributed by atoms with E-state index in [-0.39, 0.29) is 22.2 Å². The zero-order valence-corrected chi connectivity index (χ0v) is 18.3. The molecule has 0 bridgehead atoms. The number of nitro groups is 1. The van der Waals surface area contributed by atoms with E-state index in [1.807, 2.05) is 52.0 Å². The molecule has 0 unspecified atom stereocenters. The number of pyridine rings is 1. The van der Waals surface area contributed by atoms with Crippen LogP contribution in [0.4, 0.5) is 11.5 Å². The number of H-pyrrole nitrogens is 1. The van der Waals surface area contributed by atoms with E-state index in [2.05, 4.69) is 20.3 Å². The Kier molecular flexibility index (Phi) is 5.44. The highest BCUT2D eigenvalue weighted by Gasteiger charge is 2.16. The van der Waals surface area contributed by atoms with Gasteiger partial charge in [0.05, 0.1) is 16.5 Å². The third kappa shape index (κ3) is 4.20. The standard InChI is InChI=1S/C24H23N5O3/c1-13-7-18(10-19(8-13)29(31)32)15(3)26-24-21-12-20(17-5-6-25-23(30)11-17)14(2)9-22(21)27-16(4)28-24/h5-12,15H,1-4H3,(H,25,30)(H,26,27,28)/t15-/m1/s1. The first kappa shape index (κ1) is 21.2. The van der Waals surface area contributed by atoms with Crippen LogP contribution in [-0.4, -0.2) is 19.9 Å². The van der Waals surface area contributed by atoms with E-state index >= 15 is 0 Å². The molecule has 0 aliphatic rings. The fraction of sp³-hybridized carbons (Fsp3) is 0.208. The second-order valence-electron chi connectivity index (χ2n) is 7.97. The number of nitrogens with zero attached hydrogens (tertiary/aromatic N) is 3. The lowest BCUT2D eigenvalue weighted by Gasteiger charge is -2.18. The summed E-state index contributed by atoms with van der Waals surface area (Å²) in [6.45, 7) is 7.58. The van der Waals surface area contributed by atoms with Crippen LogP contribution in [0.15, 0.2) is 53.5 Å². The number of nitrogens with one attached hydrogen (secondary N) is 2. The number of aryl methyl sites for hydroxylation is 3. The number of fused-ring (bicyclic) bond motifs is 1. The third-order valence-electron chi connectivity index (χ3n) is 5.39. The summed E-state index contributed by atoms with van der Waals surface area (Å²) in [4.78, 5) is 34.5. The van der Waals surface area contributed by atoms with Gasteiger partial charge in [0, 0.05) is 29.8 Å². The van der Waals surface area contributed by atoms with Gasteiger partial charge in [0.15, 0.2) is 0 Å². The molecule has 0 aliphatic carbocycles.